The van der Waals surface area contributed by atoms with Gasteiger partial charge in [-0.3, -0.25) is 19.3 Å². The van der Waals surface area contributed by atoms with Crippen LogP contribution in [0, 0.1) is 0 Å². The zero-order chi connectivity index (χ0) is 24.4. The lowest BCUT2D eigenvalue weighted by atomic mass is 9.97. The maximum Gasteiger partial charge on any atom is 0.342 e. The number of benzene rings is 2. The zero-order valence-corrected chi connectivity index (χ0v) is 19.6. The molecule has 2 atom stereocenters. The lowest BCUT2D eigenvalue weighted by Gasteiger charge is -2.38. The van der Waals surface area contributed by atoms with Crippen LogP contribution >= 0.6 is 0 Å². The van der Waals surface area contributed by atoms with Crippen molar-refractivity contribution in [2.75, 3.05) is 13.7 Å². The highest BCUT2D eigenvalue weighted by Crippen LogP contribution is 2.27. The molecule has 1 saturated heterocycles. The van der Waals surface area contributed by atoms with E-state index < -0.39 is 5.97 Å². The van der Waals surface area contributed by atoms with Crippen LogP contribution in [0.5, 0.6) is 5.75 Å². The van der Waals surface area contributed by atoms with Crippen LogP contribution in [0.4, 0.5) is 0 Å². The first-order chi connectivity index (χ1) is 16.3. The van der Waals surface area contributed by atoms with Gasteiger partial charge in [0, 0.05) is 12.1 Å². The average molecular weight is 465 g/mol. The summed E-state index contributed by atoms with van der Waals surface area (Å²) >= 11 is 0. The monoisotopic (exact) mass is 464 g/mol. The molecule has 2 aromatic carbocycles. The number of amides is 3. The number of piperidine rings is 1. The molecule has 0 unspecified atom stereocenters. The molecule has 2 aliphatic heterocycles. The number of imide groups is 1. The van der Waals surface area contributed by atoms with Crippen molar-refractivity contribution in [1.82, 2.24) is 9.80 Å². The van der Waals surface area contributed by atoms with E-state index in [1.165, 1.54) is 13.2 Å². The summed E-state index contributed by atoms with van der Waals surface area (Å²) in [7, 11) is 1.43. The minimum atomic E-state index is -0.702. The minimum absolute atomic E-state index is 0.00163. The lowest BCUT2D eigenvalue weighted by molar-refractivity contribution is -0.140. The molecule has 3 amide bonds. The molecular weight excluding hydrogens is 436 g/mol. The van der Waals surface area contributed by atoms with Crippen LogP contribution in [-0.4, -0.2) is 59.3 Å². The molecule has 2 heterocycles. The fraction of sp³-hybridized carbons (Fsp3) is 0.385. The van der Waals surface area contributed by atoms with Crippen LogP contribution in [0.3, 0.4) is 0 Å². The van der Waals surface area contributed by atoms with Crippen molar-refractivity contribution in [3.63, 3.8) is 0 Å². The smallest absolute Gasteiger partial charge is 0.342 e. The van der Waals surface area contributed by atoms with Crippen molar-refractivity contribution in [2.45, 2.75) is 51.7 Å². The number of esters is 1. The fourth-order valence-electron chi connectivity index (χ4n) is 4.77. The normalized spacial score (nSPS) is 19.7. The highest BCUT2D eigenvalue weighted by molar-refractivity contribution is 6.21. The second-order valence-corrected chi connectivity index (χ2v) is 8.78. The Labute approximate surface area is 198 Å². The third kappa shape index (κ3) is 4.40. The number of nitrogens with zero attached hydrogens (tertiary/aromatic N) is 2. The van der Waals surface area contributed by atoms with Crippen LogP contribution in [0.2, 0.25) is 0 Å². The van der Waals surface area contributed by atoms with Gasteiger partial charge < -0.3 is 14.4 Å². The molecule has 0 spiro atoms. The number of fused-ring (bicyclic) bond motifs is 1. The molecular formula is C26H28N2O6. The molecule has 0 N–H and O–H groups in total. The van der Waals surface area contributed by atoms with Crippen LogP contribution in [-0.2, 0) is 16.1 Å². The number of methoxy groups -OCH3 is 1. The van der Waals surface area contributed by atoms with Gasteiger partial charge in [-0.15, -0.1) is 0 Å². The van der Waals surface area contributed by atoms with Crippen LogP contribution < -0.4 is 4.74 Å². The highest BCUT2D eigenvalue weighted by atomic mass is 16.5. The van der Waals surface area contributed by atoms with Crippen LogP contribution in [0.15, 0.2) is 42.5 Å². The molecule has 2 aromatic rings. The summed E-state index contributed by atoms with van der Waals surface area (Å²) in [6, 6.07) is 11.7. The predicted molar refractivity (Wildman–Crippen MR) is 124 cm³/mol. The van der Waals surface area contributed by atoms with E-state index in [2.05, 4.69) is 0 Å². The standard InChI is InChI=1S/C26H28N2O6/c1-16-7-6-8-17(2)28(16)23(29)15-34-26(32)21-13-18(11-12-22(21)33-3)14-27-24(30)19-9-4-5-10-20(19)25(27)31/h4-5,9-13,16-17H,6-8,14-15H2,1-3H3/t16-,17-/m1/s1. The third-order valence-corrected chi connectivity index (χ3v) is 6.51. The first kappa shape index (κ1) is 23.5. The van der Waals surface area contributed by atoms with E-state index in [0.29, 0.717) is 16.7 Å². The van der Waals surface area contributed by atoms with E-state index in [-0.39, 0.29) is 54.3 Å². The summed E-state index contributed by atoms with van der Waals surface area (Å²) in [6.45, 7) is 3.64. The van der Waals surface area contributed by atoms with E-state index in [1.807, 2.05) is 13.8 Å². The molecule has 2 aliphatic rings. The number of carbonyl (C=O) groups is 4. The van der Waals surface area contributed by atoms with Gasteiger partial charge in [0.1, 0.15) is 11.3 Å². The summed E-state index contributed by atoms with van der Waals surface area (Å²) < 4.78 is 10.6. The molecule has 0 saturated carbocycles. The largest absolute Gasteiger partial charge is 0.496 e. The third-order valence-electron chi connectivity index (χ3n) is 6.51. The Kier molecular flexibility index (Phi) is 6.68. The number of hydrogen-bond donors (Lipinski definition) is 0. The number of likely N-dealkylation sites (tertiary alicyclic amines) is 1. The fourth-order valence-corrected chi connectivity index (χ4v) is 4.77. The second-order valence-electron chi connectivity index (χ2n) is 8.78. The van der Waals surface area contributed by atoms with Crippen molar-refractivity contribution in [3.8, 4) is 5.75 Å². The summed E-state index contributed by atoms with van der Waals surface area (Å²) in [5.41, 5.74) is 1.41. The Hall–Kier alpha value is -3.68. The molecule has 8 heteroatoms. The van der Waals surface area contributed by atoms with Gasteiger partial charge in [-0.05, 0) is 62.9 Å². The van der Waals surface area contributed by atoms with E-state index in [9.17, 15) is 19.2 Å². The van der Waals surface area contributed by atoms with Crippen molar-refractivity contribution in [1.29, 1.82) is 0 Å². The molecule has 178 valence electrons. The molecule has 34 heavy (non-hydrogen) atoms. The highest BCUT2D eigenvalue weighted by Gasteiger charge is 2.35. The van der Waals surface area contributed by atoms with E-state index >= 15 is 0 Å². The first-order valence-electron chi connectivity index (χ1n) is 11.4. The van der Waals surface area contributed by atoms with Crippen molar-refractivity contribution in [2.24, 2.45) is 0 Å². The minimum Gasteiger partial charge on any atom is -0.496 e. The number of ether oxygens (including phenoxy) is 2. The van der Waals surface area contributed by atoms with Gasteiger partial charge in [-0.1, -0.05) is 18.2 Å². The summed E-state index contributed by atoms with van der Waals surface area (Å²) in [6.07, 6.45) is 2.93. The Morgan fingerprint density at radius 3 is 2.18 bits per heavy atom. The van der Waals surface area contributed by atoms with E-state index in [4.69, 9.17) is 9.47 Å². The van der Waals surface area contributed by atoms with Crippen LogP contribution in [0.25, 0.3) is 0 Å². The number of rotatable bonds is 6. The molecule has 0 aromatic heterocycles. The van der Waals surface area contributed by atoms with E-state index in [0.717, 1.165) is 24.2 Å². The topological polar surface area (TPSA) is 93.2 Å². The molecule has 0 radical (unpaired) electrons. The van der Waals surface area contributed by atoms with Gasteiger partial charge in [0.05, 0.1) is 24.8 Å². The van der Waals surface area contributed by atoms with Gasteiger partial charge in [-0.25, -0.2) is 4.79 Å². The summed E-state index contributed by atoms with van der Waals surface area (Å²) in [5.74, 6) is -1.41. The van der Waals surface area contributed by atoms with Gasteiger partial charge in [0.25, 0.3) is 17.7 Å². The maximum atomic E-state index is 12.9. The quantitative estimate of drug-likeness (QED) is 0.480. The summed E-state index contributed by atoms with van der Waals surface area (Å²) in [4.78, 5) is 53.9. The van der Waals surface area contributed by atoms with Gasteiger partial charge in [0.2, 0.25) is 0 Å². The first-order valence-corrected chi connectivity index (χ1v) is 11.4. The Bertz CT molecular complexity index is 1100. The maximum absolute atomic E-state index is 12.9. The Balaban J connectivity index is 1.47. The van der Waals surface area contributed by atoms with Gasteiger partial charge in [-0.2, -0.15) is 0 Å². The van der Waals surface area contributed by atoms with Crippen molar-refractivity contribution >= 4 is 23.7 Å². The zero-order valence-electron chi connectivity index (χ0n) is 19.6. The van der Waals surface area contributed by atoms with Gasteiger partial charge >= 0.3 is 5.97 Å². The molecule has 1 fully saturated rings. The molecule has 0 bridgehead atoms. The predicted octanol–water partition coefficient (Wildman–Crippen LogP) is 3.44. The second kappa shape index (κ2) is 9.67. The Morgan fingerprint density at radius 2 is 1.59 bits per heavy atom. The lowest BCUT2D eigenvalue weighted by Crippen LogP contribution is -2.49. The molecule has 8 nitrogen and oxygen atoms in total. The molecule has 0 aliphatic carbocycles. The van der Waals surface area contributed by atoms with Crippen LogP contribution in [0.1, 0.15) is 69.7 Å². The summed E-state index contributed by atoms with van der Waals surface area (Å²) in [5, 5.41) is 0. The molecule has 4 rings (SSSR count). The van der Waals surface area contributed by atoms with Crippen molar-refractivity contribution in [3.05, 3.63) is 64.7 Å². The Morgan fingerprint density at radius 1 is 0.971 bits per heavy atom. The van der Waals surface area contributed by atoms with Gasteiger partial charge in [0.15, 0.2) is 6.61 Å². The van der Waals surface area contributed by atoms with E-state index in [1.54, 1.807) is 41.3 Å². The number of hydrogen-bond acceptors (Lipinski definition) is 6. The van der Waals surface area contributed by atoms with Crippen molar-refractivity contribution < 1.29 is 28.7 Å². The average Bonchev–Trinajstić information content (AvgIpc) is 3.07. The SMILES string of the molecule is COc1ccc(CN2C(=O)c3ccccc3C2=O)cc1C(=O)OCC(=O)N1[C@H](C)CCC[C@H]1C. The number of carbonyl (C=O) groups excluding carboxylic acids is 4.